The maximum absolute atomic E-state index is 11.5. The van der Waals surface area contributed by atoms with E-state index in [1.165, 1.54) is 0 Å². The standard InChI is InChI=1S/C18H21NO3/c1-11-9-15(5-6-16(11)20)22-18-12(2)7-14(8-13(18)3)10-17(21)19-4/h5-9,20H,10H2,1-4H3,(H,19,21). The number of nitrogens with one attached hydrogen (secondary N) is 1. The van der Waals surface area contributed by atoms with Crippen molar-refractivity contribution in [3.05, 3.63) is 52.6 Å². The van der Waals surface area contributed by atoms with Crippen molar-refractivity contribution >= 4 is 5.91 Å². The summed E-state index contributed by atoms with van der Waals surface area (Å²) in [6.07, 6.45) is 0.358. The molecular weight excluding hydrogens is 278 g/mol. The Morgan fingerprint density at radius 3 is 2.27 bits per heavy atom. The SMILES string of the molecule is CNC(=O)Cc1cc(C)c(Oc2ccc(O)c(C)c2)c(C)c1. The fourth-order valence-corrected chi connectivity index (χ4v) is 2.39. The molecule has 1 amide bonds. The molecule has 0 aromatic heterocycles. The Balaban J connectivity index is 2.28. The van der Waals surface area contributed by atoms with Crippen LogP contribution in [0.3, 0.4) is 0 Å². The third kappa shape index (κ3) is 3.58. The summed E-state index contributed by atoms with van der Waals surface area (Å²) in [5.41, 5.74) is 3.68. The molecule has 0 bridgehead atoms. The van der Waals surface area contributed by atoms with Gasteiger partial charge in [0.2, 0.25) is 5.91 Å². The number of hydrogen-bond donors (Lipinski definition) is 2. The molecule has 2 rings (SSSR count). The third-order valence-corrected chi connectivity index (χ3v) is 3.55. The molecule has 4 heteroatoms. The second kappa shape index (κ2) is 6.52. The number of aryl methyl sites for hydroxylation is 3. The number of hydrogen-bond acceptors (Lipinski definition) is 3. The average molecular weight is 299 g/mol. The van der Waals surface area contributed by atoms with Gasteiger partial charge in [0.05, 0.1) is 6.42 Å². The maximum atomic E-state index is 11.5. The molecular formula is C18H21NO3. The first-order chi connectivity index (χ1) is 10.4. The van der Waals surface area contributed by atoms with Crippen molar-refractivity contribution in [2.75, 3.05) is 7.05 Å². The lowest BCUT2D eigenvalue weighted by molar-refractivity contribution is -0.119. The number of aromatic hydroxyl groups is 1. The normalized spacial score (nSPS) is 10.4. The predicted molar refractivity (Wildman–Crippen MR) is 86.6 cm³/mol. The van der Waals surface area contributed by atoms with Crippen LogP contribution in [0, 0.1) is 20.8 Å². The summed E-state index contributed by atoms with van der Waals surface area (Å²) in [5, 5.41) is 12.2. The first-order valence-electron chi connectivity index (χ1n) is 7.19. The minimum absolute atomic E-state index is 0.0124. The van der Waals surface area contributed by atoms with Gasteiger partial charge in [0.15, 0.2) is 0 Å². The molecule has 2 aromatic rings. The largest absolute Gasteiger partial charge is 0.508 e. The van der Waals surface area contributed by atoms with Gasteiger partial charge in [-0.1, -0.05) is 12.1 Å². The monoisotopic (exact) mass is 299 g/mol. The summed E-state index contributed by atoms with van der Waals surface area (Å²) >= 11 is 0. The number of amides is 1. The van der Waals surface area contributed by atoms with E-state index in [0.717, 1.165) is 28.0 Å². The number of phenols is 1. The zero-order valence-electron chi connectivity index (χ0n) is 13.4. The molecule has 0 saturated carbocycles. The lowest BCUT2D eigenvalue weighted by atomic mass is 10.0. The zero-order valence-corrected chi connectivity index (χ0v) is 13.4. The molecule has 0 atom stereocenters. The van der Waals surface area contributed by atoms with E-state index in [1.54, 1.807) is 25.2 Å². The Hall–Kier alpha value is -2.49. The van der Waals surface area contributed by atoms with Crippen LogP contribution in [0.15, 0.2) is 30.3 Å². The van der Waals surface area contributed by atoms with Crippen LogP contribution in [0.4, 0.5) is 0 Å². The highest BCUT2D eigenvalue weighted by molar-refractivity contribution is 5.78. The minimum Gasteiger partial charge on any atom is -0.508 e. The quantitative estimate of drug-likeness (QED) is 0.909. The van der Waals surface area contributed by atoms with Gasteiger partial charge in [-0.05, 0) is 61.2 Å². The molecule has 0 heterocycles. The summed E-state index contributed by atoms with van der Waals surface area (Å²) in [5.74, 6) is 1.70. The Morgan fingerprint density at radius 1 is 1.09 bits per heavy atom. The summed E-state index contributed by atoms with van der Waals surface area (Å²) < 4.78 is 5.95. The second-order valence-corrected chi connectivity index (χ2v) is 5.46. The van der Waals surface area contributed by atoms with Crippen LogP contribution < -0.4 is 10.1 Å². The van der Waals surface area contributed by atoms with E-state index in [2.05, 4.69) is 5.32 Å². The van der Waals surface area contributed by atoms with E-state index in [-0.39, 0.29) is 11.7 Å². The van der Waals surface area contributed by atoms with Gasteiger partial charge >= 0.3 is 0 Å². The minimum atomic E-state index is -0.0124. The fraction of sp³-hybridized carbons (Fsp3) is 0.278. The molecule has 0 saturated heterocycles. The van der Waals surface area contributed by atoms with Crippen LogP contribution in [0.2, 0.25) is 0 Å². The Labute approximate surface area is 130 Å². The highest BCUT2D eigenvalue weighted by Crippen LogP contribution is 2.32. The van der Waals surface area contributed by atoms with Gasteiger partial charge in [-0.2, -0.15) is 0 Å². The molecule has 2 aromatic carbocycles. The van der Waals surface area contributed by atoms with Crippen LogP contribution in [0.5, 0.6) is 17.2 Å². The smallest absolute Gasteiger partial charge is 0.224 e. The first-order valence-corrected chi connectivity index (χ1v) is 7.19. The van der Waals surface area contributed by atoms with Crippen molar-refractivity contribution in [2.24, 2.45) is 0 Å². The zero-order chi connectivity index (χ0) is 16.3. The van der Waals surface area contributed by atoms with Crippen LogP contribution in [-0.4, -0.2) is 18.1 Å². The first kappa shape index (κ1) is 15.9. The summed E-state index contributed by atoms with van der Waals surface area (Å²) in [7, 11) is 1.63. The Kier molecular flexibility index (Phi) is 4.71. The van der Waals surface area contributed by atoms with E-state index in [4.69, 9.17) is 4.74 Å². The van der Waals surface area contributed by atoms with Crippen molar-refractivity contribution in [3.8, 4) is 17.2 Å². The number of phenolic OH excluding ortho intramolecular Hbond substituents is 1. The lowest BCUT2D eigenvalue weighted by Crippen LogP contribution is -2.20. The van der Waals surface area contributed by atoms with Gasteiger partial charge in [0.25, 0.3) is 0 Å². The van der Waals surface area contributed by atoms with Gasteiger partial charge in [-0.25, -0.2) is 0 Å². The number of benzene rings is 2. The molecule has 0 radical (unpaired) electrons. The Morgan fingerprint density at radius 2 is 1.73 bits per heavy atom. The lowest BCUT2D eigenvalue weighted by Gasteiger charge is -2.14. The van der Waals surface area contributed by atoms with Crippen molar-refractivity contribution in [1.82, 2.24) is 5.32 Å². The molecule has 0 aliphatic heterocycles. The van der Waals surface area contributed by atoms with Crippen LogP contribution in [0.1, 0.15) is 22.3 Å². The van der Waals surface area contributed by atoms with Gasteiger partial charge in [-0.15, -0.1) is 0 Å². The van der Waals surface area contributed by atoms with Crippen molar-refractivity contribution in [2.45, 2.75) is 27.2 Å². The van der Waals surface area contributed by atoms with Gasteiger partial charge in [0, 0.05) is 7.05 Å². The van der Waals surface area contributed by atoms with Gasteiger partial charge in [-0.3, -0.25) is 4.79 Å². The highest BCUT2D eigenvalue weighted by atomic mass is 16.5. The highest BCUT2D eigenvalue weighted by Gasteiger charge is 2.10. The molecule has 2 N–H and O–H groups in total. The molecule has 0 aliphatic rings. The third-order valence-electron chi connectivity index (χ3n) is 3.55. The van der Waals surface area contributed by atoms with E-state index >= 15 is 0 Å². The summed E-state index contributed by atoms with van der Waals surface area (Å²) in [6, 6.07) is 9.08. The van der Waals surface area contributed by atoms with E-state index < -0.39 is 0 Å². The van der Waals surface area contributed by atoms with Gasteiger partial charge in [0.1, 0.15) is 17.2 Å². The number of likely N-dealkylation sites (N-methyl/N-ethyl adjacent to an activating group) is 1. The molecule has 0 unspecified atom stereocenters. The number of carbonyl (C=O) groups is 1. The topological polar surface area (TPSA) is 58.6 Å². The molecule has 0 fully saturated rings. The Bertz CT molecular complexity index is 684. The van der Waals surface area contributed by atoms with Gasteiger partial charge < -0.3 is 15.2 Å². The van der Waals surface area contributed by atoms with Crippen molar-refractivity contribution < 1.29 is 14.6 Å². The molecule has 116 valence electrons. The maximum Gasteiger partial charge on any atom is 0.224 e. The van der Waals surface area contributed by atoms with E-state index in [9.17, 15) is 9.90 Å². The fourth-order valence-electron chi connectivity index (χ4n) is 2.39. The second-order valence-electron chi connectivity index (χ2n) is 5.46. The number of ether oxygens (including phenoxy) is 1. The van der Waals surface area contributed by atoms with Crippen molar-refractivity contribution in [3.63, 3.8) is 0 Å². The van der Waals surface area contributed by atoms with Crippen LogP contribution >= 0.6 is 0 Å². The number of carbonyl (C=O) groups excluding carboxylic acids is 1. The molecule has 4 nitrogen and oxygen atoms in total. The number of rotatable bonds is 4. The average Bonchev–Trinajstić information content (AvgIpc) is 2.46. The van der Waals surface area contributed by atoms with Crippen LogP contribution in [-0.2, 0) is 11.2 Å². The van der Waals surface area contributed by atoms with Crippen LogP contribution in [0.25, 0.3) is 0 Å². The molecule has 0 spiro atoms. The van der Waals surface area contributed by atoms with E-state index in [1.807, 2.05) is 32.9 Å². The van der Waals surface area contributed by atoms with Crippen molar-refractivity contribution in [1.29, 1.82) is 0 Å². The molecule has 22 heavy (non-hydrogen) atoms. The molecule has 0 aliphatic carbocycles. The van der Waals surface area contributed by atoms with E-state index in [0.29, 0.717) is 12.2 Å². The summed E-state index contributed by atoms with van der Waals surface area (Å²) in [4.78, 5) is 11.5. The predicted octanol–water partition coefficient (Wildman–Crippen LogP) is 3.40. The summed E-state index contributed by atoms with van der Waals surface area (Å²) in [6.45, 7) is 5.75.